The van der Waals surface area contributed by atoms with Crippen LogP contribution in [0, 0.1) is 6.92 Å². The zero-order chi connectivity index (χ0) is 13.5. The van der Waals surface area contributed by atoms with Crippen LogP contribution in [0.5, 0.6) is 0 Å². The summed E-state index contributed by atoms with van der Waals surface area (Å²) in [4.78, 5) is 11.7. The molecule has 0 aromatic heterocycles. The Morgan fingerprint density at radius 2 is 2.20 bits per heavy atom. The van der Waals surface area contributed by atoms with E-state index >= 15 is 0 Å². The van der Waals surface area contributed by atoms with Gasteiger partial charge in [-0.15, -0.1) is 12.4 Å². The van der Waals surface area contributed by atoms with Crippen molar-refractivity contribution in [1.29, 1.82) is 0 Å². The topological polar surface area (TPSA) is 41.1 Å². The fraction of sp³-hybridized carbons (Fsp3) is 0.562. The maximum Gasteiger partial charge on any atom is 0.220 e. The van der Waals surface area contributed by atoms with E-state index < -0.39 is 0 Å². The third-order valence-electron chi connectivity index (χ3n) is 3.86. The monoisotopic (exact) mass is 296 g/mol. The molecule has 112 valence electrons. The van der Waals surface area contributed by atoms with Crippen molar-refractivity contribution in [1.82, 2.24) is 10.6 Å². The van der Waals surface area contributed by atoms with Crippen LogP contribution in [-0.2, 0) is 11.2 Å². The van der Waals surface area contributed by atoms with Crippen molar-refractivity contribution < 1.29 is 4.79 Å². The van der Waals surface area contributed by atoms with Gasteiger partial charge in [0, 0.05) is 19.0 Å². The second kappa shape index (κ2) is 8.98. The van der Waals surface area contributed by atoms with Gasteiger partial charge in [-0.25, -0.2) is 0 Å². The number of nitrogens with one attached hydrogen (secondary N) is 2. The Morgan fingerprint density at radius 1 is 1.40 bits per heavy atom. The van der Waals surface area contributed by atoms with Gasteiger partial charge in [-0.3, -0.25) is 4.79 Å². The molecular formula is C16H25ClN2O. The molecule has 1 aliphatic rings. The van der Waals surface area contributed by atoms with E-state index in [0.717, 1.165) is 25.9 Å². The molecule has 1 amide bonds. The zero-order valence-corrected chi connectivity index (χ0v) is 13.0. The summed E-state index contributed by atoms with van der Waals surface area (Å²) >= 11 is 0. The number of aryl methyl sites for hydroxylation is 1. The average molecular weight is 297 g/mol. The Balaban J connectivity index is 0.00000200. The van der Waals surface area contributed by atoms with Crippen molar-refractivity contribution in [2.24, 2.45) is 0 Å². The Kier molecular flexibility index (Phi) is 7.63. The SMILES string of the molecule is Cc1ccccc1CCNC(=O)CCC1CCCN1.Cl. The highest BCUT2D eigenvalue weighted by atomic mass is 35.5. The molecule has 1 heterocycles. The maximum absolute atomic E-state index is 11.7. The summed E-state index contributed by atoms with van der Waals surface area (Å²) < 4.78 is 0. The molecule has 20 heavy (non-hydrogen) atoms. The molecule has 1 saturated heterocycles. The fourth-order valence-electron chi connectivity index (χ4n) is 2.62. The van der Waals surface area contributed by atoms with Crippen LogP contribution in [0.2, 0.25) is 0 Å². The predicted molar refractivity (Wildman–Crippen MR) is 85.4 cm³/mol. The van der Waals surface area contributed by atoms with Gasteiger partial charge in [-0.2, -0.15) is 0 Å². The zero-order valence-electron chi connectivity index (χ0n) is 12.2. The van der Waals surface area contributed by atoms with Crippen LogP contribution in [0.15, 0.2) is 24.3 Å². The second-order valence-corrected chi connectivity index (χ2v) is 5.36. The molecule has 1 fully saturated rings. The Hall–Kier alpha value is -1.06. The number of benzene rings is 1. The van der Waals surface area contributed by atoms with Crippen molar-refractivity contribution in [2.45, 2.75) is 45.1 Å². The number of halogens is 1. The highest BCUT2D eigenvalue weighted by Crippen LogP contribution is 2.10. The van der Waals surface area contributed by atoms with Gasteiger partial charge < -0.3 is 10.6 Å². The van der Waals surface area contributed by atoms with Crippen LogP contribution in [0.3, 0.4) is 0 Å². The van der Waals surface area contributed by atoms with Gasteiger partial charge in [0.05, 0.1) is 0 Å². The summed E-state index contributed by atoms with van der Waals surface area (Å²) in [6.07, 6.45) is 5.00. The van der Waals surface area contributed by atoms with Crippen LogP contribution in [0.1, 0.15) is 36.8 Å². The maximum atomic E-state index is 11.7. The van der Waals surface area contributed by atoms with Gasteiger partial charge in [-0.1, -0.05) is 24.3 Å². The molecule has 3 nitrogen and oxygen atoms in total. The number of carbonyl (C=O) groups excluding carboxylic acids is 1. The highest BCUT2D eigenvalue weighted by Gasteiger charge is 2.14. The summed E-state index contributed by atoms with van der Waals surface area (Å²) in [7, 11) is 0. The Bertz CT molecular complexity index is 417. The molecule has 1 aromatic rings. The van der Waals surface area contributed by atoms with Crippen LogP contribution in [-0.4, -0.2) is 25.0 Å². The van der Waals surface area contributed by atoms with Gasteiger partial charge in [0.15, 0.2) is 0 Å². The fourth-order valence-corrected chi connectivity index (χ4v) is 2.62. The Labute approximate surface area is 127 Å². The number of hydrogen-bond donors (Lipinski definition) is 2. The lowest BCUT2D eigenvalue weighted by Crippen LogP contribution is -2.28. The molecule has 1 atom stereocenters. The molecule has 0 saturated carbocycles. The number of carbonyl (C=O) groups is 1. The number of hydrogen-bond acceptors (Lipinski definition) is 2. The van der Waals surface area contributed by atoms with E-state index in [4.69, 9.17) is 0 Å². The summed E-state index contributed by atoms with van der Waals surface area (Å²) in [6.45, 7) is 3.96. The van der Waals surface area contributed by atoms with E-state index in [9.17, 15) is 4.79 Å². The minimum atomic E-state index is 0. The minimum Gasteiger partial charge on any atom is -0.356 e. The standard InChI is InChI=1S/C16H24N2O.ClH/c1-13-5-2-3-6-14(13)10-12-18-16(19)9-8-15-7-4-11-17-15;/h2-3,5-6,15,17H,4,7-12H2,1H3,(H,18,19);1H. The van der Waals surface area contributed by atoms with E-state index in [-0.39, 0.29) is 18.3 Å². The van der Waals surface area contributed by atoms with Crippen molar-refractivity contribution >= 4 is 18.3 Å². The third-order valence-corrected chi connectivity index (χ3v) is 3.86. The molecule has 4 heteroatoms. The molecule has 1 unspecified atom stereocenters. The lowest BCUT2D eigenvalue weighted by molar-refractivity contribution is -0.121. The molecule has 1 aromatic carbocycles. The lowest BCUT2D eigenvalue weighted by Gasteiger charge is -2.10. The largest absolute Gasteiger partial charge is 0.356 e. The summed E-state index contributed by atoms with van der Waals surface area (Å²) in [5.74, 6) is 0.183. The number of rotatable bonds is 6. The van der Waals surface area contributed by atoms with Crippen molar-refractivity contribution in [3.63, 3.8) is 0 Å². The first-order valence-electron chi connectivity index (χ1n) is 7.30. The van der Waals surface area contributed by atoms with E-state index in [1.54, 1.807) is 0 Å². The van der Waals surface area contributed by atoms with E-state index in [2.05, 4.69) is 35.8 Å². The van der Waals surface area contributed by atoms with E-state index in [1.807, 2.05) is 6.07 Å². The summed E-state index contributed by atoms with van der Waals surface area (Å²) in [5.41, 5.74) is 2.62. The van der Waals surface area contributed by atoms with Crippen molar-refractivity contribution in [3.05, 3.63) is 35.4 Å². The first-order valence-corrected chi connectivity index (χ1v) is 7.30. The molecule has 0 bridgehead atoms. The quantitative estimate of drug-likeness (QED) is 0.847. The van der Waals surface area contributed by atoms with Gasteiger partial charge in [0.25, 0.3) is 0 Å². The molecule has 0 radical (unpaired) electrons. The lowest BCUT2D eigenvalue weighted by atomic mass is 10.1. The van der Waals surface area contributed by atoms with Crippen molar-refractivity contribution in [2.75, 3.05) is 13.1 Å². The van der Waals surface area contributed by atoms with Crippen LogP contribution >= 0.6 is 12.4 Å². The third kappa shape index (κ3) is 5.51. The first kappa shape index (κ1) is 17.0. The van der Waals surface area contributed by atoms with Crippen molar-refractivity contribution in [3.8, 4) is 0 Å². The van der Waals surface area contributed by atoms with Gasteiger partial charge in [0.1, 0.15) is 0 Å². The molecule has 2 N–H and O–H groups in total. The van der Waals surface area contributed by atoms with Crippen LogP contribution in [0.4, 0.5) is 0 Å². The smallest absolute Gasteiger partial charge is 0.220 e. The first-order chi connectivity index (χ1) is 9.25. The van der Waals surface area contributed by atoms with Gasteiger partial charge in [0.2, 0.25) is 5.91 Å². The average Bonchev–Trinajstić information content (AvgIpc) is 2.92. The molecule has 2 rings (SSSR count). The highest BCUT2D eigenvalue weighted by molar-refractivity contribution is 5.85. The molecule has 0 spiro atoms. The van der Waals surface area contributed by atoms with Crippen LogP contribution < -0.4 is 10.6 Å². The normalized spacial score (nSPS) is 17.6. The van der Waals surface area contributed by atoms with Crippen LogP contribution in [0.25, 0.3) is 0 Å². The van der Waals surface area contributed by atoms with E-state index in [0.29, 0.717) is 12.5 Å². The van der Waals surface area contributed by atoms with Gasteiger partial charge >= 0.3 is 0 Å². The Morgan fingerprint density at radius 3 is 2.90 bits per heavy atom. The molecule has 0 aliphatic carbocycles. The number of amides is 1. The molecule has 1 aliphatic heterocycles. The second-order valence-electron chi connectivity index (χ2n) is 5.36. The van der Waals surface area contributed by atoms with E-state index in [1.165, 1.54) is 24.0 Å². The minimum absolute atomic E-state index is 0. The predicted octanol–water partition coefficient (Wildman–Crippen LogP) is 2.61. The summed E-state index contributed by atoms with van der Waals surface area (Å²) in [5, 5.41) is 6.44. The summed E-state index contributed by atoms with van der Waals surface area (Å²) in [6, 6.07) is 8.90. The van der Waals surface area contributed by atoms with Gasteiger partial charge in [-0.05, 0) is 50.3 Å². The molecular weight excluding hydrogens is 272 g/mol.